The number of benzene rings is 1. The number of methoxy groups -OCH3 is 1. The summed E-state index contributed by atoms with van der Waals surface area (Å²) < 4.78 is 4.59. The van der Waals surface area contributed by atoms with Crippen LogP contribution < -0.4 is 5.32 Å². The minimum Gasteiger partial charge on any atom is -0.507 e. The van der Waals surface area contributed by atoms with Crippen LogP contribution in [0.1, 0.15) is 49.9 Å². The summed E-state index contributed by atoms with van der Waals surface area (Å²) in [6.07, 6.45) is 3.68. The summed E-state index contributed by atoms with van der Waals surface area (Å²) in [5.74, 6) is -0.910. The number of rotatable bonds is 7. The van der Waals surface area contributed by atoms with E-state index in [1.165, 1.54) is 19.2 Å². The van der Waals surface area contributed by atoms with Crippen molar-refractivity contribution in [1.29, 1.82) is 0 Å². The first-order valence-electron chi connectivity index (χ1n) is 7.25. The number of phenolic OH excluding ortho intramolecular Hbond substituents is 1. The Bertz CT molecular complexity index is 499. The maximum absolute atomic E-state index is 12.2. The van der Waals surface area contributed by atoms with E-state index < -0.39 is 5.97 Å². The van der Waals surface area contributed by atoms with Crippen LogP contribution in [0.4, 0.5) is 5.69 Å². The SMILES string of the molecule is CCCCC(CC)C(=O)Nc1ccc(O)c(C(=O)OC)c1. The number of phenols is 1. The number of ether oxygens (including phenoxy) is 1. The van der Waals surface area contributed by atoms with E-state index in [4.69, 9.17) is 0 Å². The van der Waals surface area contributed by atoms with Crippen molar-refractivity contribution in [2.45, 2.75) is 39.5 Å². The average molecular weight is 293 g/mol. The summed E-state index contributed by atoms with van der Waals surface area (Å²) >= 11 is 0. The van der Waals surface area contributed by atoms with Crippen molar-refractivity contribution in [2.24, 2.45) is 5.92 Å². The number of hydrogen-bond acceptors (Lipinski definition) is 4. The van der Waals surface area contributed by atoms with Gasteiger partial charge < -0.3 is 15.2 Å². The van der Waals surface area contributed by atoms with Crippen LogP contribution in [0, 0.1) is 5.92 Å². The van der Waals surface area contributed by atoms with Crippen LogP contribution in [0.5, 0.6) is 5.75 Å². The molecule has 21 heavy (non-hydrogen) atoms. The van der Waals surface area contributed by atoms with Crippen molar-refractivity contribution in [2.75, 3.05) is 12.4 Å². The highest BCUT2D eigenvalue weighted by Crippen LogP contribution is 2.23. The second-order valence-electron chi connectivity index (χ2n) is 4.96. The molecule has 0 aromatic heterocycles. The fourth-order valence-electron chi connectivity index (χ4n) is 2.10. The maximum atomic E-state index is 12.2. The second-order valence-corrected chi connectivity index (χ2v) is 4.96. The molecule has 1 rings (SSSR count). The van der Waals surface area contributed by atoms with Gasteiger partial charge in [-0.3, -0.25) is 4.79 Å². The van der Waals surface area contributed by atoms with Gasteiger partial charge in [0, 0.05) is 11.6 Å². The Balaban J connectivity index is 2.82. The lowest BCUT2D eigenvalue weighted by atomic mass is 9.98. The number of amides is 1. The number of aromatic hydroxyl groups is 1. The lowest BCUT2D eigenvalue weighted by Crippen LogP contribution is -2.22. The van der Waals surface area contributed by atoms with Gasteiger partial charge in [-0.25, -0.2) is 4.79 Å². The van der Waals surface area contributed by atoms with Crippen molar-refractivity contribution in [3.8, 4) is 5.75 Å². The van der Waals surface area contributed by atoms with Gasteiger partial charge in [0.15, 0.2) is 0 Å². The zero-order valence-corrected chi connectivity index (χ0v) is 12.8. The molecule has 116 valence electrons. The highest BCUT2D eigenvalue weighted by Gasteiger charge is 2.17. The predicted molar refractivity (Wildman–Crippen MR) is 81.4 cm³/mol. The summed E-state index contributed by atoms with van der Waals surface area (Å²) in [7, 11) is 1.24. The molecule has 0 bridgehead atoms. The average Bonchev–Trinajstić information content (AvgIpc) is 2.49. The van der Waals surface area contributed by atoms with Gasteiger partial charge in [-0.2, -0.15) is 0 Å². The molecule has 0 aliphatic rings. The normalized spacial score (nSPS) is 11.8. The molecule has 1 aromatic rings. The van der Waals surface area contributed by atoms with Crippen molar-refractivity contribution in [3.05, 3.63) is 23.8 Å². The molecular formula is C16H23NO4. The molecule has 5 heteroatoms. The van der Waals surface area contributed by atoms with Crippen molar-refractivity contribution >= 4 is 17.6 Å². The summed E-state index contributed by atoms with van der Waals surface area (Å²) in [5, 5.41) is 12.4. The third-order valence-corrected chi connectivity index (χ3v) is 3.44. The summed E-state index contributed by atoms with van der Waals surface area (Å²) in [6.45, 7) is 4.07. The molecule has 0 saturated heterocycles. The third-order valence-electron chi connectivity index (χ3n) is 3.44. The van der Waals surface area contributed by atoms with Gasteiger partial charge in [-0.15, -0.1) is 0 Å². The highest BCUT2D eigenvalue weighted by atomic mass is 16.5. The Morgan fingerprint density at radius 3 is 2.62 bits per heavy atom. The molecule has 1 amide bonds. The van der Waals surface area contributed by atoms with E-state index in [0.717, 1.165) is 25.7 Å². The van der Waals surface area contributed by atoms with E-state index in [1.807, 2.05) is 6.92 Å². The zero-order chi connectivity index (χ0) is 15.8. The largest absolute Gasteiger partial charge is 0.507 e. The van der Waals surface area contributed by atoms with Crippen LogP contribution in [0.25, 0.3) is 0 Å². The molecule has 0 heterocycles. The number of unbranched alkanes of at least 4 members (excludes halogenated alkanes) is 1. The van der Waals surface area contributed by atoms with E-state index in [2.05, 4.69) is 17.0 Å². The van der Waals surface area contributed by atoms with Gasteiger partial charge in [-0.05, 0) is 31.0 Å². The van der Waals surface area contributed by atoms with Crippen LogP contribution in [0.15, 0.2) is 18.2 Å². The Labute approximate surface area is 125 Å². The van der Waals surface area contributed by atoms with Gasteiger partial charge in [-0.1, -0.05) is 26.7 Å². The quantitative estimate of drug-likeness (QED) is 0.597. The zero-order valence-electron chi connectivity index (χ0n) is 12.8. The highest BCUT2D eigenvalue weighted by molar-refractivity contribution is 5.97. The molecule has 0 spiro atoms. The van der Waals surface area contributed by atoms with E-state index in [0.29, 0.717) is 5.69 Å². The van der Waals surface area contributed by atoms with Gasteiger partial charge in [0.1, 0.15) is 11.3 Å². The van der Waals surface area contributed by atoms with E-state index in [-0.39, 0.29) is 23.1 Å². The van der Waals surface area contributed by atoms with Crippen molar-refractivity contribution < 1.29 is 19.4 Å². The van der Waals surface area contributed by atoms with Gasteiger partial charge in [0.05, 0.1) is 7.11 Å². The monoisotopic (exact) mass is 293 g/mol. The molecule has 5 nitrogen and oxygen atoms in total. The van der Waals surface area contributed by atoms with Gasteiger partial charge in [0.2, 0.25) is 5.91 Å². The Morgan fingerprint density at radius 1 is 1.33 bits per heavy atom. The third kappa shape index (κ3) is 4.77. The maximum Gasteiger partial charge on any atom is 0.341 e. The molecule has 0 saturated carbocycles. The first-order valence-corrected chi connectivity index (χ1v) is 7.25. The first-order chi connectivity index (χ1) is 10.0. The summed E-state index contributed by atoms with van der Waals surface area (Å²) in [4.78, 5) is 23.7. The topological polar surface area (TPSA) is 75.6 Å². The minimum absolute atomic E-state index is 0.0388. The number of esters is 1. The van der Waals surface area contributed by atoms with Crippen LogP contribution in [-0.2, 0) is 9.53 Å². The number of carbonyl (C=O) groups is 2. The van der Waals surface area contributed by atoms with Crippen LogP contribution in [0.3, 0.4) is 0 Å². The number of hydrogen-bond donors (Lipinski definition) is 2. The predicted octanol–water partition coefficient (Wildman–Crippen LogP) is 3.33. The van der Waals surface area contributed by atoms with Gasteiger partial charge >= 0.3 is 5.97 Å². The molecule has 0 aliphatic carbocycles. The Morgan fingerprint density at radius 2 is 2.05 bits per heavy atom. The summed E-state index contributed by atoms with van der Waals surface area (Å²) in [6, 6.07) is 4.35. The summed E-state index contributed by atoms with van der Waals surface area (Å²) in [5.41, 5.74) is 0.519. The number of carbonyl (C=O) groups excluding carboxylic acids is 2. The minimum atomic E-state index is -0.637. The first kappa shape index (κ1) is 17.0. The van der Waals surface area contributed by atoms with Crippen LogP contribution in [-0.4, -0.2) is 24.1 Å². The smallest absolute Gasteiger partial charge is 0.341 e. The Hall–Kier alpha value is -2.04. The molecule has 2 N–H and O–H groups in total. The molecule has 1 unspecified atom stereocenters. The van der Waals surface area contributed by atoms with Crippen LogP contribution in [0.2, 0.25) is 0 Å². The fourth-order valence-corrected chi connectivity index (χ4v) is 2.10. The van der Waals surface area contributed by atoms with Crippen molar-refractivity contribution in [3.63, 3.8) is 0 Å². The second kappa shape index (κ2) is 8.29. The molecule has 1 aromatic carbocycles. The van der Waals surface area contributed by atoms with E-state index >= 15 is 0 Å². The van der Waals surface area contributed by atoms with Gasteiger partial charge in [0.25, 0.3) is 0 Å². The molecule has 0 aliphatic heterocycles. The molecule has 0 radical (unpaired) electrons. The molecule has 0 fully saturated rings. The molecular weight excluding hydrogens is 270 g/mol. The van der Waals surface area contributed by atoms with Crippen LogP contribution >= 0.6 is 0 Å². The number of nitrogens with one attached hydrogen (secondary N) is 1. The Kier molecular flexibility index (Phi) is 6.72. The molecule has 1 atom stereocenters. The number of anilines is 1. The lowest BCUT2D eigenvalue weighted by molar-refractivity contribution is -0.120. The van der Waals surface area contributed by atoms with E-state index in [1.54, 1.807) is 6.07 Å². The van der Waals surface area contributed by atoms with E-state index in [9.17, 15) is 14.7 Å². The van der Waals surface area contributed by atoms with Crippen molar-refractivity contribution in [1.82, 2.24) is 0 Å². The lowest BCUT2D eigenvalue weighted by Gasteiger charge is -2.15. The fraction of sp³-hybridized carbons (Fsp3) is 0.500. The standard InChI is InChI=1S/C16H23NO4/c1-4-6-7-11(5-2)15(19)17-12-8-9-14(18)13(10-12)16(20)21-3/h8-11,18H,4-7H2,1-3H3,(H,17,19).